The van der Waals surface area contributed by atoms with Crippen molar-refractivity contribution in [2.24, 2.45) is 0 Å². The fourth-order valence-electron chi connectivity index (χ4n) is 9.82. The molecule has 11 rings (SSSR count). The van der Waals surface area contributed by atoms with E-state index in [1.165, 1.54) is 22.3 Å². The van der Waals surface area contributed by atoms with Crippen LogP contribution in [0.15, 0.2) is 156 Å². The largest absolute Gasteiger partial charge is 0.501 e. The number of furan rings is 1. The van der Waals surface area contributed by atoms with Crippen LogP contribution in [0.2, 0.25) is 0 Å². The van der Waals surface area contributed by atoms with Crippen molar-refractivity contribution in [2.45, 2.75) is 92.8 Å². The van der Waals surface area contributed by atoms with Crippen molar-refractivity contribution in [3.63, 3.8) is 0 Å². The summed E-state index contributed by atoms with van der Waals surface area (Å²) in [6.45, 7) is 21.2. The van der Waals surface area contributed by atoms with Gasteiger partial charge in [0.15, 0.2) is 0 Å². The van der Waals surface area contributed by atoms with Gasteiger partial charge in [-0.2, -0.15) is 0 Å². The second-order valence-electron chi connectivity index (χ2n) is 19.5. The minimum Gasteiger partial charge on any atom is -0.501 e. The Hall–Kier alpha value is -7.36. The number of para-hydroxylation sites is 5. The van der Waals surface area contributed by atoms with E-state index in [9.17, 15) is 0 Å². The van der Waals surface area contributed by atoms with Crippen molar-refractivity contribution < 1.29 is 32.7 Å². The van der Waals surface area contributed by atoms with E-state index in [4.69, 9.17) is 29.2 Å². The maximum atomic E-state index is 7.93. The fourth-order valence-corrected chi connectivity index (χ4v) is 9.82. The number of benzene rings is 8. The van der Waals surface area contributed by atoms with Crippen LogP contribution in [0.25, 0.3) is 94.1 Å². The molecule has 0 bridgehead atoms. The molecule has 3 heterocycles. The van der Waals surface area contributed by atoms with E-state index >= 15 is 0 Å². The smallest absolute Gasteiger partial charge is 0.121 e. The minimum absolute atomic E-state index is 0. The van der Waals surface area contributed by atoms with Gasteiger partial charge < -0.3 is 13.6 Å². The van der Waals surface area contributed by atoms with Gasteiger partial charge in [-0.15, -0.1) is 47.5 Å². The quantitative estimate of drug-likeness (QED) is 0.135. The van der Waals surface area contributed by atoms with Crippen LogP contribution < -0.4 is 0 Å². The summed E-state index contributed by atoms with van der Waals surface area (Å²) in [7, 11) is 0. The Kier molecular flexibility index (Phi) is 12.0. The summed E-state index contributed by atoms with van der Waals surface area (Å²) in [6.07, 6.45) is 0. The van der Waals surface area contributed by atoms with Crippen molar-refractivity contribution in [1.82, 2.24) is 19.1 Å². The molecule has 0 fully saturated rings. The first-order valence-electron chi connectivity index (χ1n) is 27.4. The van der Waals surface area contributed by atoms with Gasteiger partial charge in [-0.1, -0.05) is 158 Å². The number of fused-ring (bicyclic) bond motifs is 5. The maximum Gasteiger partial charge on any atom is 0.121 e. The summed E-state index contributed by atoms with van der Waals surface area (Å²) in [6, 6.07) is 55.9. The molecule has 361 valence electrons. The predicted molar refractivity (Wildman–Crippen MR) is 295 cm³/mol. The van der Waals surface area contributed by atoms with Crippen molar-refractivity contribution in [2.75, 3.05) is 0 Å². The van der Waals surface area contributed by atoms with E-state index < -0.39 is 13.7 Å². The Labute approximate surface area is 446 Å². The molecule has 0 saturated heterocycles. The number of nitrogens with zero attached hydrogens (tertiary/aromatic N) is 5. The minimum atomic E-state index is -2.27. The normalized spacial score (nSPS) is 13.2. The van der Waals surface area contributed by atoms with Crippen LogP contribution in [-0.4, -0.2) is 19.1 Å². The molecule has 3 aromatic heterocycles. The summed E-state index contributed by atoms with van der Waals surface area (Å²) in [5.74, 6) is 2.44. The first kappa shape index (κ1) is 42.3. The summed E-state index contributed by atoms with van der Waals surface area (Å²) in [4.78, 5) is 13.9. The number of imidazole rings is 2. The molecule has 1 radical (unpaired) electrons. The summed E-state index contributed by atoms with van der Waals surface area (Å²) in [5.41, 5.74) is 16.2. The van der Waals surface area contributed by atoms with Crippen LogP contribution in [0.3, 0.4) is 0 Å². The van der Waals surface area contributed by atoms with Crippen molar-refractivity contribution in [1.29, 1.82) is 0 Å². The van der Waals surface area contributed by atoms with E-state index in [0.29, 0.717) is 40.1 Å². The number of aryl methyl sites for hydroxylation is 2. The van der Waals surface area contributed by atoms with Crippen molar-refractivity contribution in [3.05, 3.63) is 209 Å². The Morgan fingerprint density at radius 1 is 0.556 bits per heavy atom. The van der Waals surface area contributed by atoms with Gasteiger partial charge in [0, 0.05) is 45.1 Å². The van der Waals surface area contributed by atoms with Gasteiger partial charge in [-0.05, 0) is 112 Å². The van der Waals surface area contributed by atoms with E-state index in [-0.39, 0.29) is 43.1 Å². The van der Waals surface area contributed by atoms with Gasteiger partial charge >= 0.3 is 0 Å². The van der Waals surface area contributed by atoms with Crippen LogP contribution in [0.1, 0.15) is 121 Å². The average molecular weight is 1120 g/mol. The van der Waals surface area contributed by atoms with E-state index in [2.05, 4.69) is 148 Å². The zero-order chi connectivity index (χ0) is 54.7. The monoisotopic (exact) mass is 1120 g/mol. The third-order valence-corrected chi connectivity index (χ3v) is 13.3. The number of rotatable bonds is 9. The summed E-state index contributed by atoms with van der Waals surface area (Å²) >= 11 is 0. The van der Waals surface area contributed by atoms with Crippen LogP contribution in [0.4, 0.5) is 5.69 Å². The number of hydrogen-bond donors (Lipinski definition) is 0. The third kappa shape index (κ3) is 9.11. The molecule has 0 aliphatic carbocycles. The van der Waals surface area contributed by atoms with Gasteiger partial charge in [-0.3, -0.25) is 14.8 Å². The zero-order valence-corrected chi connectivity index (χ0v) is 44.1. The van der Waals surface area contributed by atoms with Crippen molar-refractivity contribution in [3.8, 4) is 45.3 Å². The molecular formula is C65H59IrN5O-2. The molecule has 0 unspecified atom stereocenters. The Balaban J connectivity index is 0.000000202. The number of hydrogen-bond acceptors (Lipinski definition) is 3. The molecule has 0 atom stereocenters. The SMILES string of the molecule is [2H]C([2H])([2H])c1c[c-]c(-c2nc3ccccc3n2-c2c(C(C)C)cccc2C(C)C)cc1.[2H]C([2H])([2H])c1ccc2c(c1)oc1c(-c3nc4ccccc4n3-c3c(C(C)C)cc(-c4ccccc4)cc3C(C)C)[c-]c([N+]#[C-])cc12.[Ir]. The zero-order valence-electron chi connectivity index (χ0n) is 47.7. The topological polar surface area (TPSA) is 53.1 Å². The Morgan fingerprint density at radius 2 is 1.11 bits per heavy atom. The molecule has 8 aromatic carbocycles. The molecule has 72 heavy (non-hydrogen) atoms. The molecule has 11 aromatic rings. The Morgan fingerprint density at radius 3 is 1.68 bits per heavy atom. The first-order valence-corrected chi connectivity index (χ1v) is 24.4. The first-order chi connectivity index (χ1) is 36.7. The molecular weight excluding hydrogens is 1060 g/mol. The second-order valence-corrected chi connectivity index (χ2v) is 19.5. The average Bonchev–Trinajstić information content (AvgIpc) is 4.20. The van der Waals surface area contributed by atoms with Gasteiger partial charge in [-0.25, -0.2) is 0 Å². The van der Waals surface area contributed by atoms with Crippen LogP contribution in [-0.2, 0) is 20.1 Å². The van der Waals surface area contributed by atoms with Crippen LogP contribution in [0, 0.1) is 32.4 Å². The molecule has 0 amide bonds. The van der Waals surface area contributed by atoms with Gasteiger partial charge in [0.1, 0.15) is 11.3 Å². The molecule has 6 nitrogen and oxygen atoms in total. The molecule has 0 N–H and O–H groups in total. The van der Waals surface area contributed by atoms with Crippen LogP contribution in [0.5, 0.6) is 0 Å². The molecule has 0 spiro atoms. The summed E-state index contributed by atoms with van der Waals surface area (Å²) in [5, 5.41) is 1.46. The predicted octanol–water partition coefficient (Wildman–Crippen LogP) is 18.2. The van der Waals surface area contributed by atoms with Gasteiger partial charge in [0.05, 0.1) is 45.9 Å². The van der Waals surface area contributed by atoms with E-state index in [1.807, 2.05) is 48.5 Å². The van der Waals surface area contributed by atoms with Crippen molar-refractivity contribution >= 4 is 49.7 Å². The van der Waals surface area contributed by atoms with Gasteiger partial charge in [0.2, 0.25) is 0 Å². The molecule has 0 saturated carbocycles. The summed E-state index contributed by atoms with van der Waals surface area (Å²) < 4.78 is 57.6. The standard InChI is InChI=1S/C39H32N3O.C26H27N2.Ir/c1-23(2)30-19-27(26-12-8-7-9-13-26)20-31(24(3)4)37(30)42-35-15-11-10-14-34(35)41-39(42)33-22-28(40-6)21-32-29-17-16-25(5)18-36(29)43-38(32)33;1-17(2)21-9-8-10-22(18(3)4)25(21)28-24-12-7-6-11-23(24)27-26(28)20-15-13-19(5)14-16-20;/h7-21,23-24H,1-5H3;6-15,17-18H,1-5H3;/q2*-1;/i2*5D3;. The van der Waals surface area contributed by atoms with E-state index in [1.54, 1.807) is 36.4 Å². The molecule has 0 aliphatic heterocycles. The second kappa shape index (κ2) is 20.4. The van der Waals surface area contributed by atoms with Crippen LogP contribution >= 0.6 is 0 Å². The number of aromatic nitrogens is 4. The Bertz CT molecular complexity index is 3990. The fraction of sp³-hybridized carbons (Fsp3) is 0.215. The molecule has 0 aliphatic rings. The maximum absolute atomic E-state index is 7.93. The molecule has 7 heteroatoms. The third-order valence-electron chi connectivity index (χ3n) is 13.3. The van der Waals surface area contributed by atoms with Gasteiger partial charge in [0.25, 0.3) is 0 Å². The van der Waals surface area contributed by atoms with E-state index in [0.717, 1.165) is 66.7 Å².